The number of aromatic nitrogens is 5. The monoisotopic (exact) mass is 408 g/mol. The van der Waals surface area contributed by atoms with Gasteiger partial charge in [0.25, 0.3) is 5.91 Å². The number of carbonyl (C=O) groups excluding carboxylic acids is 1. The first-order valence-electron chi connectivity index (χ1n) is 9.97. The predicted molar refractivity (Wildman–Crippen MR) is 109 cm³/mol. The van der Waals surface area contributed by atoms with Crippen molar-refractivity contribution in [3.05, 3.63) is 48.3 Å². The first-order valence-corrected chi connectivity index (χ1v) is 9.97. The van der Waals surface area contributed by atoms with Gasteiger partial charge in [-0.3, -0.25) is 9.78 Å². The van der Waals surface area contributed by atoms with Gasteiger partial charge in [0.2, 0.25) is 5.88 Å². The van der Waals surface area contributed by atoms with E-state index in [2.05, 4.69) is 25.6 Å². The number of nitrogens with zero attached hydrogens (tertiary/aromatic N) is 5. The van der Waals surface area contributed by atoms with Gasteiger partial charge in [-0.15, -0.1) is 10.2 Å². The maximum atomic E-state index is 13.0. The van der Waals surface area contributed by atoms with Crippen molar-refractivity contribution in [3.8, 4) is 23.1 Å². The second-order valence-corrected chi connectivity index (χ2v) is 7.43. The van der Waals surface area contributed by atoms with Crippen LogP contribution in [0.5, 0.6) is 5.88 Å². The van der Waals surface area contributed by atoms with Crippen molar-refractivity contribution in [1.82, 2.24) is 30.3 Å². The lowest BCUT2D eigenvalue weighted by atomic mass is 9.82. The van der Waals surface area contributed by atoms with E-state index in [4.69, 9.17) is 4.74 Å². The number of rotatable bonds is 6. The minimum absolute atomic E-state index is 0.0868. The van der Waals surface area contributed by atoms with E-state index in [0.29, 0.717) is 23.1 Å². The third kappa shape index (κ3) is 4.02. The van der Waals surface area contributed by atoms with Crippen molar-refractivity contribution >= 4 is 5.91 Å². The lowest BCUT2D eigenvalue weighted by Gasteiger charge is -2.36. The molecule has 0 spiro atoms. The number of ether oxygens (including phenoxy) is 1. The molecule has 3 aromatic rings. The van der Waals surface area contributed by atoms with Crippen LogP contribution in [0.15, 0.2) is 42.6 Å². The molecule has 1 saturated carbocycles. The molecule has 0 aliphatic heterocycles. The van der Waals surface area contributed by atoms with Gasteiger partial charge in [-0.2, -0.15) is 5.10 Å². The molecule has 0 bridgehead atoms. The number of amides is 1. The van der Waals surface area contributed by atoms with Gasteiger partial charge in [-0.1, -0.05) is 25.3 Å². The average Bonchev–Trinajstić information content (AvgIpc) is 3.26. The molecule has 1 aliphatic rings. The van der Waals surface area contributed by atoms with Gasteiger partial charge in [-0.05, 0) is 37.1 Å². The van der Waals surface area contributed by atoms with E-state index in [1.54, 1.807) is 24.4 Å². The third-order valence-corrected chi connectivity index (χ3v) is 5.41. The number of aliphatic hydroxyl groups is 1. The number of carbonyl (C=O) groups is 1. The van der Waals surface area contributed by atoms with Crippen molar-refractivity contribution < 1.29 is 14.6 Å². The summed E-state index contributed by atoms with van der Waals surface area (Å²) in [5.74, 6) is 0.485. The van der Waals surface area contributed by atoms with E-state index >= 15 is 0 Å². The summed E-state index contributed by atoms with van der Waals surface area (Å²) in [5.41, 5.74) is 0.897. The molecule has 0 unspecified atom stereocenters. The first-order chi connectivity index (χ1) is 14.6. The predicted octanol–water partition coefficient (Wildman–Crippen LogP) is 2.16. The molecule has 0 atom stereocenters. The van der Waals surface area contributed by atoms with Crippen molar-refractivity contribution in [2.45, 2.75) is 37.6 Å². The van der Waals surface area contributed by atoms with Crippen molar-refractivity contribution in [2.24, 2.45) is 0 Å². The molecule has 9 nitrogen and oxygen atoms in total. The summed E-state index contributed by atoms with van der Waals surface area (Å²) < 4.78 is 6.61. The highest BCUT2D eigenvalue weighted by Crippen LogP contribution is 2.28. The summed E-state index contributed by atoms with van der Waals surface area (Å²) in [4.78, 5) is 17.4. The lowest BCUT2D eigenvalue weighted by molar-refractivity contribution is 0.0753. The number of hydrogen-bond acceptors (Lipinski definition) is 7. The molecule has 0 radical (unpaired) electrons. The zero-order valence-electron chi connectivity index (χ0n) is 16.8. The van der Waals surface area contributed by atoms with E-state index in [1.807, 2.05) is 18.2 Å². The van der Waals surface area contributed by atoms with Gasteiger partial charge in [0.05, 0.1) is 30.6 Å². The fraction of sp³-hybridized carbons (Fsp3) is 0.381. The van der Waals surface area contributed by atoms with Crippen molar-refractivity contribution in [1.29, 1.82) is 0 Å². The second kappa shape index (κ2) is 8.58. The summed E-state index contributed by atoms with van der Waals surface area (Å²) in [7, 11) is 1.52. The Kier molecular flexibility index (Phi) is 5.71. The van der Waals surface area contributed by atoms with Crippen LogP contribution in [0.2, 0.25) is 0 Å². The Hall–Kier alpha value is -3.33. The van der Waals surface area contributed by atoms with Crippen LogP contribution < -0.4 is 10.1 Å². The molecule has 9 heteroatoms. The minimum atomic E-state index is -0.593. The van der Waals surface area contributed by atoms with Gasteiger partial charge in [0.1, 0.15) is 0 Å². The molecule has 4 rings (SSSR count). The quantitative estimate of drug-likeness (QED) is 0.642. The van der Waals surface area contributed by atoms with Gasteiger partial charge < -0.3 is 15.2 Å². The number of aliphatic hydroxyl groups excluding tert-OH is 1. The highest BCUT2D eigenvalue weighted by atomic mass is 16.5. The van der Waals surface area contributed by atoms with Crippen LogP contribution in [0.1, 0.15) is 42.6 Å². The van der Waals surface area contributed by atoms with Crippen LogP contribution in [0.4, 0.5) is 0 Å². The molecule has 1 aliphatic carbocycles. The number of methoxy groups -OCH3 is 1. The molecule has 3 aromatic heterocycles. The van der Waals surface area contributed by atoms with Gasteiger partial charge in [0, 0.05) is 12.3 Å². The third-order valence-electron chi connectivity index (χ3n) is 5.41. The van der Waals surface area contributed by atoms with Gasteiger partial charge in [0.15, 0.2) is 11.5 Å². The second-order valence-electron chi connectivity index (χ2n) is 7.43. The molecule has 156 valence electrons. The first kappa shape index (κ1) is 20.0. The zero-order chi connectivity index (χ0) is 21.0. The topological polar surface area (TPSA) is 115 Å². The number of nitrogens with one attached hydrogen (secondary N) is 1. The van der Waals surface area contributed by atoms with E-state index < -0.39 is 5.54 Å². The maximum absolute atomic E-state index is 13.0. The Bertz CT molecular complexity index is 997. The normalized spacial score (nSPS) is 15.5. The average molecular weight is 408 g/mol. The number of pyridine rings is 1. The van der Waals surface area contributed by atoms with Crippen LogP contribution in [0, 0.1) is 0 Å². The summed E-state index contributed by atoms with van der Waals surface area (Å²) >= 11 is 0. The molecule has 3 heterocycles. The molecule has 1 amide bonds. The highest BCUT2D eigenvalue weighted by molar-refractivity contribution is 5.94. The molecular formula is C21H24N6O3. The van der Waals surface area contributed by atoms with E-state index in [-0.39, 0.29) is 18.2 Å². The molecule has 0 saturated heterocycles. The van der Waals surface area contributed by atoms with Crippen molar-refractivity contribution in [2.75, 3.05) is 13.7 Å². The lowest BCUT2D eigenvalue weighted by Crippen LogP contribution is -2.52. The fourth-order valence-electron chi connectivity index (χ4n) is 3.75. The van der Waals surface area contributed by atoms with Crippen LogP contribution >= 0.6 is 0 Å². The van der Waals surface area contributed by atoms with E-state index in [0.717, 1.165) is 32.1 Å². The van der Waals surface area contributed by atoms with Crippen LogP contribution in [-0.4, -0.2) is 55.2 Å². The smallest absolute Gasteiger partial charge is 0.272 e. The molecular weight excluding hydrogens is 384 g/mol. The highest BCUT2D eigenvalue weighted by Gasteiger charge is 2.34. The minimum Gasteiger partial charge on any atom is -0.480 e. The Labute approximate surface area is 174 Å². The fourth-order valence-corrected chi connectivity index (χ4v) is 3.75. The Morgan fingerprint density at radius 1 is 1.20 bits per heavy atom. The van der Waals surface area contributed by atoms with Crippen LogP contribution in [0.3, 0.4) is 0 Å². The summed E-state index contributed by atoms with van der Waals surface area (Å²) in [6.45, 7) is -0.0868. The van der Waals surface area contributed by atoms with Crippen molar-refractivity contribution in [3.63, 3.8) is 0 Å². The van der Waals surface area contributed by atoms with Gasteiger partial charge in [-0.25, -0.2) is 4.68 Å². The molecule has 1 fully saturated rings. The van der Waals surface area contributed by atoms with Crippen LogP contribution in [-0.2, 0) is 0 Å². The Morgan fingerprint density at radius 3 is 2.67 bits per heavy atom. The van der Waals surface area contributed by atoms with Gasteiger partial charge >= 0.3 is 0 Å². The summed E-state index contributed by atoms with van der Waals surface area (Å²) in [6.07, 6.45) is 6.27. The molecule has 2 N–H and O–H groups in total. The summed E-state index contributed by atoms with van der Waals surface area (Å²) in [6, 6.07) is 10.6. The van der Waals surface area contributed by atoms with Crippen LogP contribution in [0.25, 0.3) is 17.2 Å². The standard InChI is InChI=1S/C21H24N6O3/c1-30-19-9-8-18(24-25-19)27-17(15-7-3-6-12-22-15)13-16(26-27)20(29)23-21(14-28)10-4-2-5-11-21/h3,6-9,12-13,28H,2,4-5,10-11,14H2,1H3,(H,23,29). The SMILES string of the molecule is COc1ccc(-n2nc(C(=O)NC3(CO)CCCCC3)cc2-c2ccccn2)nn1. The largest absolute Gasteiger partial charge is 0.480 e. The maximum Gasteiger partial charge on any atom is 0.272 e. The van der Waals surface area contributed by atoms with E-state index in [9.17, 15) is 9.90 Å². The zero-order valence-corrected chi connectivity index (χ0v) is 16.8. The van der Waals surface area contributed by atoms with E-state index in [1.165, 1.54) is 11.8 Å². The Balaban J connectivity index is 1.70. The molecule has 0 aromatic carbocycles. The summed E-state index contributed by atoms with van der Waals surface area (Å²) in [5, 5.41) is 25.6. The molecule has 30 heavy (non-hydrogen) atoms. The Morgan fingerprint density at radius 2 is 2.03 bits per heavy atom. The number of hydrogen-bond donors (Lipinski definition) is 2.